The maximum atomic E-state index is 13.2. The van der Waals surface area contributed by atoms with E-state index in [1.165, 1.54) is 16.2 Å². The van der Waals surface area contributed by atoms with Crippen LogP contribution in [-0.2, 0) is 4.79 Å². The molecule has 1 aliphatic heterocycles. The summed E-state index contributed by atoms with van der Waals surface area (Å²) in [5.41, 5.74) is 2.13. The molecule has 0 radical (unpaired) electrons. The van der Waals surface area contributed by atoms with Crippen LogP contribution in [0.15, 0.2) is 71.3 Å². The number of rotatable bonds is 4. The molecule has 29 heavy (non-hydrogen) atoms. The number of thiophene rings is 1. The number of hydrogen-bond acceptors (Lipinski definition) is 4. The number of anilines is 1. The minimum absolute atomic E-state index is 0.0535. The van der Waals surface area contributed by atoms with Crippen molar-refractivity contribution in [2.75, 3.05) is 4.90 Å². The fourth-order valence-electron chi connectivity index (χ4n) is 3.47. The van der Waals surface area contributed by atoms with Gasteiger partial charge in [0.25, 0.3) is 5.91 Å². The molecule has 0 bridgehead atoms. The summed E-state index contributed by atoms with van der Waals surface area (Å²) >= 11 is 13.5. The smallest absolute Gasteiger partial charge is 0.294 e. The monoisotopic (exact) mass is 443 g/mol. The average molecular weight is 444 g/mol. The molecule has 1 atom stereocenters. The van der Waals surface area contributed by atoms with Gasteiger partial charge in [0.05, 0.1) is 26.5 Å². The zero-order valence-corrected chi connectivity index (χ0v) is 17.6. The highest BCUT2D eigenvalue weighted by Crippen LogP contribution is 2.44. The van der Waals surface area contributed by atoms with Crippen LogP contribution in [0.1, 0.15) is 26.8 Å². The molecule has 4 rings (SSSR count). The molecule has 3 aromatic rings. The summed E-state index contributed by atoms with van der Waals surface area (Å²) in [6.45, 7) is 1.90. The van der Waals surface area contributed by atoms with E-state index in [2.05, 4.69) is 0 Å². The summed E-state index contributed by atoms with van der Waals surface area (Å²) in [4.78, 5) is 28.1. The van der Waals surface area contributed by atoms with E-state index in [9.17, 15) is 14.7 Å². The summed E-state index contributed by atoms with van der Waals surface area (Å²) in [5.74, 6) is -1.58. The molecule has 1 aliphatic rings. The van der Waals surface area contributed by atoms with Gasteiger partial charge < -0.3 is 5.11 Å². The molecule has 1 unspecified atom stereocenters. The summed E-state index contributed by atoms with van der Waals surface area (Å²) in [7, 11) is 0. The summed E-state index contributed by atoms with van der Waals surface area (Å²) in [6.07, 6.45) is 0. The lowest BCUT2D eigenvalue weighted by atomic mass is 9.92. The molecule has 0 saturated heterocycles. The number of aliphatic hydroxyl groups excluding tert-OH is 1. The molecule has 0 fully saturated rings. The Morgan fingerprint density at radius 1 is 1.07 bits per heavy atom. The highest BCUT2D eigenvalue weighted by molar-refractivity contribution is 7.12. The second-order valence-electron chi connectivity index (χ2n) is 6.60. The molecule has 7 heteroatoms. The van der Waals surface area contributed by atoms with Gasteiger partial charge in [0.2, 0.25) is 5.78 Å². The largest absolute Gasteiger partial charge is 0.503 e. The van der Waals surface area contributed by atoms with Gasteiger partial charge in [-0.05, 0) is 47.7 Å². The molecular weight excluding hydrogens is 429 g/mol. The molecule has 0 spiro atoms. The van der Waals surface area contributed by atoms with Gasteiger partial charge >= 0.3 is 0 Å². The number of halogens is 2. The Balaban J connectivity index is 1.92. The van der Waals surface area contributed by atoms with E-state index < -0.39 is 17.7 Å². The van der Waals surface area contributed by atoms with Crippen LogP contribution in [0.2, 0.25) is 10.0 Å². The molecule has 1 aromatic heterocycles. The van der Waals surface area contributed by atoms with E-state index in [1.807, 2.05) is 31.2 Å². The Hall–Kier alpha value is -2.60. The molecule has 146 valence electrons. The summed E-state index contributed by atoms with van der Waals surface area (Å²) < 4.78 is 0. The third-order valence-electron chi connectivity index (χ3n) is 4.86. The van der Waals surface area contributed by atoms with Gasteiger partial charge in [0.1, 0.15) is 0 Å². The van der Waals surface area contributed by atoms with E-state index in [-0.39, 0.29) is 16.4 Å². The topological polar surface area (TPSA) is 57.6 Å². The Kier molecular flexibility index (Phi) is 5.21. The van der Waals surface area contributed by atoms with Crippen molar-refractivity contribution in [3.05, 3.63) is 97.4 Å². The quantitative estimate of drug-likeness (QED) is 0.492. The number of carbonyl (C=O) groups excluding carboxylic acids is 2. The van der Waals surface area contributed by atoms with E-state index in [1.54, 1.807) is 35.7 Å². The van der Waals surface area contributed by atoms with Gasteiger partial charge in [-0.1, -0.05) is 53.5 Å². The molecular formula is C22H15Cl2NO3S. The Morgan fingerprint density at radius 2 is 1.83 bits per heavy atom. The molecule has 1 amide bonds. The van der Waals surface area contributed by atoms with Crippen LogP contribution in [0.4, 0.5) is 5.69 Å². The summed E-state index contributed by atoms with van der Waals surface area (Å²) in [5, 5.41) is 13.1. The Labute approximate surface area is 181 Å². The van der Waals surface area contributed by atoms with Crippen molar-refractivity contribution in [1.82, 2.24) is 0 Å². The predicted molar refractivity (Wildman–Crippen MR) is 116 cm³/mol. The molecule has 0 saturated carbocycles. The number of aliphatic hydroxyl groups is 1. The lowest BCUT2D eigenvalue weighted by Crippen LogP contribution is -2.31. The van der Waals surface area contributed by atoms with Crippen LogP contribution < -0.4 is 4.90 Å². The normalized spacial score (nSPS) is 16.6. The SMILES string of the molecule is Cc1ccccc1C1C(C(=O)c2cccs2)=C(O)C(=O)N1c1ccc(Cl)c(Cl)c1. The van der Waals surface area contributed by atoms with Crippen LogP contribution in [0, 0.1) is 6.92 Å². The van der Waals surface area contributed by atoms with Crippen molar-refractivity contribution < 1.29 is 14.7 Å². The maximum Gasteiger partial charge on any atom is 0.294 e. The first-order chi connectivity index (χ1) is 13.9. The lowest BCUT2D eigenvalue weighted by molar-refractivity contribution is -0.117. The molecule has 2 aromatic carbocycles. The minimum Gasteiger partial charge on any atom is -0.503 e. The van der Waals surface area contributed by atoms with Gasteiger partial charge in [-0.2, -0.15) is 0 Å². The van der Waals surface area contributed by atoms with Gasteiger partial charge in [-0.15, -0.1) is 11.3 Å². The molecule has 1 N–H and O–H groups in total. The Morgan fingerprint density at radius 3 is 2.48 bits per heavy atom. The van der Waals surface area contributed by atoms with Gasteiger partial charge in [0, 0.05) is 5.69 Å². The second-order valence-corrected chi connectivity index (χ2v) is 8.36. The number of nitrogens with zero attached hydrogens (tertiary/aromatic N) is 1. The highest BCUT2D eigenvalue weighted by Gasteiger charge is 2.45. The van der Waals surface area contributed by atoms with Crippen LogP contribution in [0.3, 0.4) is 0 Å². The fourth-order valence-corrected chi connectivity index (χ4v) is 4.44. The van der Waals surface area contributed by atoms with Crippen molar-refractivity contribution in [2.24, 2.45) is 0 Å². The number of amides is 1. The summed E-state index contributed by atoms with van der Waals surface area (Å²) in [6, 6.07) is 14.9. The van der Waals surface area contributed by atoms with Gasteiger partial charge in [-0.25, -0.2) is 0 Å². The maximum absolute atomic E-state index is 13.2. The lowest BCUT2D eigenvalue weighted by Gasteiger charge is -2.28. The van der Waals surface area contributed by atoms with E-state index >= 15 is 0 Å². The van der Waals surface area contributed by atoms with Gasteiger partial charge in [0.15, 0.2) is 5.76 Å². The van der Waals surface area contributed by atoms with Crippen molar-refractivity contribution >= 4 is 51.9 Å². The predicted octanol–water partition coefficient (Wildman–Crippen LogP) is 6.15. The third kappa shape index (κ3) is 3.35. The van der Waals surface area contributed by atoms with Crippen molar-refractivity contribution in [3.63, 3.8) is 0 Å². The molecule has 0 aliphatic carbocycles. The zero-order valence-electron chi connectivity index (χ0n) is 15.2. The second kappa shape index (κ2) is 7.67. The number of carbonyl (C=O) groups is 2. The number of aryl methyl sites for hydroxylation is 1. The Bertz CT molecular complexity index is 1150. The third-order valence-corrected chi connectivity index (χ3v) is 6.47. The first-order valence-corrected chi connectivity index (χ1v) is 10.4. The highest BCUT2D eigenvalue weighted by atomic mass is 35.5. The minimum atomic E-state index is -0.782. The first kappa shape index (κ1) is 19.7. The van der Waals surface area contributed by atoms with Crippen molar-refractivity contribution in [3.8, 4) is 0 Å². The number of ketones is 1. The molecule has 2 heterocycles. The van der Waals surface area contributed by atoms with Crippen LogP contribution in [0.25, 0.3) is 0 Å². The zero-order chi connectivity index (χ0) is 20.7. The number of Topliss-reactive ketones (excluding diaryl/α,β-unsaturated/α-hetero) is 1. The molecule has 4 nitrogen and oxygen atoms in total. The van der Waals surface area contributed by atoms with Crippen LogP contribution in [-0.4, -0.2) is 16.8 Å². The van der Waals surface area contributed by atoms with E-state index in [0.717, 1.165) is 11.1 Å². The van der Waals surface area contributed by atoms with Gasteiger partial charge in [-0.3, -0.25) is 14.5 Å². The van der Waals surface area contributed by atoms with E-state index in [0.29, 0.717) is 15.6 Å². The number of benzene rings is 2. The fraction of sp³-hybridized carbons (Fsp3) is 0.0909. The standard InChI is InChI=1S/C22H15Cl2NO3S/c1-12-5-2-3-6-14(12)19-18(20(26)17-7-4-10-29-17)21(27)22(28)25(19)13-8-9-15(23)16(24)11-13/h2-11,19,27H,1H3. The number of hydrogen-bond donors (Lipinski definition) is 1. The van der Waals surface area contributed by atoms with Crippen molar-refractivity contribution in [2.45, 2.75) is 13.0 Å². The van der Waals surface area contributed by atoms with E-state index in [4.69, 9.17) is 23.2 Å². The average Bonchev–Trinajstić information content (AvgIpc) is 3.32. The van der Waals surface area contributed by atoms with Crippen molar-refractivity contribution in [1.29, 1.82) is 0 Å². The first-order valence-electron chi connectivity index (χ1n) is 8.75. The van der Waals surface area contributed by atoms with Crippen LogP contribution in [0.5, 0.6) is 0 Å². The van der Waals surface area contributed by atoms with Crippen LogP contribution >= 0.6 is 34.5 Å².